The molecule has 0 N–H and O–H groups in total. The molecule has 0 aliphatic heterocycles. The molecule has 33 heavy (non-hydrogen) atoms. The third-order valence-electron chi connectivity index (χ3n) is 3.30. The van der Waals surface area contributed by atoms with E-state index in [2.05, 4.69) is 18.3 Å². The first-order valence-corrected chi connectivity index (χ1v) is 10.3. The zero-order chi connectivity index (χ0) is 26.7. The second-order valence-electron chi connectivity index (χ2n) is 5.66. The number of halogens is 11. The van der Waals surface area contributed by atoms with Gasteiger partial charge in [-0.25, -0.2) is 0 Å². The van der Waals surface area contributed by atoms with Gasteiger partial charge in [0.05, 0.1) is 0 Å². The summed E-state index contributed by atoms with van der Waals surface area (Å²) in [5, 5.41) is 0. The molecule has 1 aromatic carbocycles. The molecular weight excluding hydrogens is 657 g/mol. The van der Waals surface area contributed by atoms with Crippen molar-refractivity contribution >= 4 is 10.1 Å². The van der Waals surface area contributed by atoms with Gasteiger partial charge in [-0.1, -0.05) is 0 Å². The average Bonchev–Trinajstić information content (AvgIpc) is 2.73. The number of hydrogen-bond donors (Lipinski definition) is 0. The number of rotatable bonds is 6. The van der Waals surface area contributed by atoms with E-state index in [-0.39, 0.29) is 19.3 Å². The summed E-state index contributed by atoms with van der Waals surface area (Å²) < 4.78 is 159. The number of benzene rings is 1. The number of hydrogen-bond acceptors (Lipinski definition) is 2. The van der Waals surface area contributed by atoms with Crippen LogP contribution in [-0.4, -0.2) is 54.5 Å². The van der Waals surface area contributed by atoms with Crippen molar-refractivity contribution < 1.29 is 75.0 Å². The molecule has 0 saturated heterocycles. The van der Waals surface area contributed by atoms with Crippen LogP contribution in [0.5, 0.6) is 0 Å². The van der Waals surface area contributed by atoms with E-state index in [1.807, 2.05) is 0 Å². The van der Waals surface area contributed by atoms with E-state index in [4.69, 9.17) is 9.30 Å². The molecule has 0 aromatic heterocycles. The molecule has 0 aliphatic carbocycles. The Morgan fingerprint density at radius 3 is 1.76 bits per heavy atom. The predicted octanol–water partition coefficient (Wildman–Crippen LogP) is 4.34. The SMILES string of the molecule is CN(C)CCN=Cc1c(F)c(F)c(F)c(F)c1[C-]([C](=[W][F])C(F)(F)F)C(F)(F)F.[C-]#[O+].[C-]#[O+]. The van der Waals surface area contributed by atoms with Gasteiger partial charge in [-0.2, -0.15) is 0 Å². The molecule has 0 atom stereocenters. The Morgan fingerprint density at radius 2 is 1.39 bits per heavy atom. The second kappa shape index (κ2) is 14.3. The van der Waals surface area contributed by atoms with Gasteiger partial charge in [0.2, 0.25) is 0 Å². The van der Waals surface area contributed by atoms with E-state index >= 15 is 0 Å². The molecule has 0 heterocycles. The van der Waals surface area contributed by atoms with Crippen molar-refractivity contribution in [1.29, 1.82) is 0 Å². The van der Waals surface area contributed by atoms with Gasteiger partial charge in [-0.05, 0) is 0 Å². The summed E-state index contributed by atoms with van der Waals surface area (Å²) in [6, 6.07) is 0. The van der Waals surface area contributed by atoms with E-state index in [0.29, 0.717) is 0 Å². The molecule has 0 aliphatic rings. The minimum atomic E-state index is -6.05. The molecular formula is C17H11F11N2O2W-. The van der Waals surface area contributed by atoms with Crippen LogP contribution < -0.4 is 0 Å². The third-order valence-corrected chi connectivity index (χ3v) is 5.41. The Bertz CT molecular complexity index is 885. The summed E-state index contributed by atoms with van der Waals surface area (Å²) in [5.41, 5.74) is -3.99. The number of likely N-dealkylation sites (N-methyl/N-ethyl adjacent to an activating group) is 1. The van der Waals surface area contributed by atoms with Gasteiger partial charge in [0.15, 0.2) is 0 Å². The van der Waals surface area contributed by atoms with Gasteiger partial charge in [-0.15, -0.1) is 0 Å². The van der Waals surface area contributed by atoms with Crippen molar-refractivity contribution in [2.45, 2.75) is 12.4 Å². The van der Waals surface area contributed by atoms with Gasteiger partial charge in [-0.3, -0.25) is 0 Å². The summed E-state index contributed by atoms with van der Waals surface area (Å²) in [4.78, 5) is 4.93. The Morgan fingerprint density at radius 1 is 0.939 bits per heavy atom. The fourth-order valence-electron chi connectivity index (χ4n) is 2.04. The summed E-state index contributed by atoms with van der Waals surface area (Å²) in [6.07, 6.45) is -11.8. The van der Waals surface area contributed by atoms with Crippen LogP contribution in [0, 0.1) is 42.5 Å². The molecule has 0 saturated carbocycles. The van der Waals surface area contributed by atoms with Crippen LogP contribution in [0.3, 0.4) is 0 Å². The molecule has 0 unspecified atom stereocenters. The predicted molar refractivity (Wildman–Crippen MR) is 85.7 cm³/mol. The number of nitrogens with zero attached hydrogens (tertiary/aromatic N) is 2. The van der Waals surface area contributed by atoms with E-state index in [9.17, 15) is 47.1 Å². The first kappa shape index (κ1) is 33.2. The van der Waals surface area contributed by atoms with Crippen molar-refractivity contribution in [3.05, 3.63) is 53.6 Å². The van der Waals surface area contributed by atoms with Crippen LogP contribution in [0.25, 0.3) is 0 Å². The third kappa shape index (κ3) is 9.04. The maximum atomic E-state index is 14.1. The summed E-state index contributed by atoms with van der Waals surface area (Å²) in [6.45, 7) is 8.89. The number of alkyl halides is 6. The van der Waals surface area contributed by atoms with Gasteiger partial charge in [0.1, 0.15) is 0 Å². The van der Waals surface area contributed by atoms with Crippen molar-refractivity contribution in [2.75, 3.05) is 27.2 Å². The normalized spacial score (nSPS) is 12.1. The molecule has 185 valence electrons. The summed E-state index contributed by atoms with van der Waals surface area (Å²) in [7, 11) is 3.09. The van der Waals surface area contributed by atoms with Crippen LogP contribution in [0.4, 0.5) is 47.1 Å². The van der Waals surface area contributed by atoms with E-state index < -0.39 is 75.2 Å². The van der Waals surface area contributed by atoms with Gasteiger partial charge < -0.3 is 0 Å². The average molecular weight is 668 g/mol. The molecule has 4 nitrogen and oxygen atoms in total. The Labute approximate surface area is 188 Å². The van der Waals surface area contributed by atoms with Gasteiger partial charge >= 0.3 is 188 Å². The van der Waals surface area contributed by atoms with Gasteiger partial charge in [0.25, 0.3) is 0 Å². The molecule has 0 radical (unpaired) electrons. The second-order valence-corrected chi connectivity index (χ2v) is 7.68. The Balaban J connectivity index is 0. The van der Waals surface area contributed by atoms with E-state index in [1.165, 1.54) is 4.90 Å². The van der Waals surface area contributed by atoms with E-state index in [0.717, 1.165) is 0 Å². The first-order valence-electron chi connectivity index (χ1n) is 7.73. The van der Waals surface area contributed by atoms with Crippen molar-refractivity contribution in [3.63, 3.8) is 0 Å². The molecule has 0 bridgehead atoms. The topological polar surface area (TPSA) is 55.4 Å². The minimum absolute atomic E-state index is 0.133. The van der Waals surface area contributed by atoms with Crippen LogP contribution in [0.2, 0.25) is 0 Å². The zero-order valence-electron chi connectivity index (χ0n) is 16.3. The first-order chi connectivity index (χ1) is 15.1. The zero-order valence-corrected chi connectivity index (χ0v) is 19.2. The van der Waals surface area contributed by atoms with Crippen molar-refractivity contribution in [1.82, 2.24) is 4.90 Å². The summed E-state index contributed by atoms with van der Waals surface area (Å²) in [5.74, 6) is -13.4. The molecule has 0 spiro atoms. The maximum absolute atomic E-state index is 14.1. The molecule has 1 rings (SSSR count). The molecule has 0 fully saturated rings. The van der Waals surface area contributed by atoms with Crippen LogP contribution >= 0.6 is 0 Å². The van der Waals surface area contributed by atoms with Crippen LogP contribution in [-0.2, 0) is 27.9 Å². The molecule has 1 aromatic rings. The molecule has 0 amide bonds. The fraction of sp³-hybridized carbons (Fsp3) is 0.353. The van der Waals surface area contributed by atoms with Crippen molar-refractivity contribution in [2.24, 2.45) is 4.99 Å². The monoisotopic (exact) mass is 668 g/mol. The molecule has 16 heteroatoms. The standard InChI is InChI=1S/C15H11F10N2.2CO.FH.W/c1-27(2)4-3-26-6-7-9(11(17)13(19)12(18)10(7)16)8(15(23,24)25)5-14(20,21)22;2*1-2;;/h6H,3-4H2,1-2H3;;;1H;/q-1;;;;+1/p-1. The van der Waals surface area contributed by atoms with E-state index in [1.54, 1.807) is 14.1 Å². The van der Waals surface area contributed by atoms with Crippen molar-refractivity contribution in [3.8, 4) is 0 Å². The Kier molecular flexibility index (Phi) is 14.4. The van der Waals surface area contributed by atoms with Crippen LogP contribution in [0.1, 0.15) is 11.1 Å². The number of aliphatic imine (C=N–C) groups is 1. The summed E-state index contributed by atoms with van der Waals surface area (Å²) >= 11 is -4.45. The van der Waals surface area contributed by atoms with Crippen LogP contribution in [0.15, 0.2) is 4.99 Å². The fourth-order valence-corrected chi connectivity index (χ4v) is 3.41. The quantitative estimate of drug-likeness (QED) is 0.111. The van der Waals surface area contributed by atoms with Gasteiger partial charge in [0, 0.05) is 0 Å². The Hall–Kier alpha value is -2.01.